The molecule has 0 radical (unpaired) electrons. The number of hydrogen-bond acceptors (Lipinski definition) is 3. The zero-order chi connectivity index (χ0) is 12.0. The quantitative estimate of drug-likeness (QED) is 0.771. The summed E-state index contributed by atoms with van der Waals surface area (Å²) in [5, 5.41) is 9.12. The number of nitrogen functional groups attached to an aromatic ring is 1. The van der Waals surface area contributed by atoms with E-state index in [1.807, 2.05) is 31.2 Å². The van der Waals surface area contributed by atoms with Gasteiger partial charge in [0.2, 0.25) is 0 Å². The molecule has 86 valence electrons. The van der Waals surface area contributed by atoms with Crippen LogP contribution in [0, 0.1) is 11.3 Å². The van der Waals surface area contributed by atoms with Crippen molar-refractivity contribution in [2.45, 2.75) is 32.7 Å². The third-order valence-corrected chi connectivity index (χ3v) is 2.60. The topological polar surface area (TPSA) is 53.0 Å². The van der Waals surface area contributed by atoms with E-state index >= 15 is 0 Å². The summed E-state index contributed by atoms with van der Waals surface area (Å²) in [4.78, 5) is 2.14. The van der Waals surface area contributed by atoms with Crippen LogP contribution in [0.1, 0.15) is 26.7 Å². The summed E-state index contributed by atoms with van der Waals surface area (Å²) in [6.45, 7) is 5.05. The SMILES string of the molecule is CCCN(c1ccc(N)cc1)C(C#N)CC. The maximum Gasteiger partial charge on any atom is 0.116 e. The Morgan fingerprint density at radius 2 is 1.94 bits per heavy atom. The molecule has 0 saturated carbocycles. The van der Waals surface area contributed by atoms with Gasteiger partial charge in [-0.05, 0) is 37.1 Å². The normalized spacial score (nSPS) is 11.8. The van der Waals surface area contributed by atoms with E-state index in [-0.39, 0.29) is 6.04 Å². The van der Waals surface area contributed by atoms with Crippen LogP contribution in [0.5, 0.6) is 0 Å². The summed E-state index contributed by atoms with van der Waals surface area (Å²) in [6.07, 6.45) is 1.86. The lowest BCUT2D eigenvalue weighted by Gasteiger charge is -2.28. The second-order valence-electron chi connectivity index (χ2n) is 3.84. The first-order valence-electron chi connectivity index (χ1n) is 5.74. The average molecular weight is 217 g/mol. The van der Waals surface area contributed by atoms with E-state index in [0.29, 0.717) is 0 Å². The van der Waals surface area contributed by atoms with Crippen molar-refractivity contribution in [3.8, 4) is 6.07 Å². The zero-order valence-corrected chi connectivity index (χ0v) is 9.98. The Hall–Kier alpha value is -1.69. The number of nitrogens with zero attached hydrogens (tertiary/aromatic N) is 2. The molecule has 1 unspecified atom stereocenters. The number of benzene rings is 1. The highest BCUT2D eigenvalue weighted by molar-refractivity contribution is 5.54. The average Bonchev–Trinajstić information content (AvgIpc) is 2.31. The highest BCUT2D eigenvalue weighted by atomic mass is 15.2. The van der Waals surface area contributed by atoms with Crippen LogP contribution < -0.4 is 10.6 Å². The van der Waals surface area contributed by atoms with Gasteiger partial charge in [0, 0.05) is 17.9 Å². The fraction of sp³-hybridized carbons (Fsp3) is 0.462. The number of nitriles is 1. The van der Waals surface area contributed by atoms with E-state index in [9.17, 15) is 0 Å². The van der Waals surface area contributed by atoms with Crippen LogP contribution >= 0.6 is 0 Å². The van der Waals surface area contributed by atoms with Crippen LogP contribution in [0.4, 0.5) is 11.4 Å². The first kappa shape index (κ1) is 12.4. The van der Waals surface area contributed by atoms with Gasteiger partial charge >= 0.3 is 0 Å². The standard InChI is InChI=1S/C13H19N3/c1-3-9-16(12(4-2)10-14)13-7-5-11(15)6-8-13/h5-8,12H,3-4,9,15H2,1-2H3. The van der Waals surface area contributed by atoms with E-state index in [0.717, 1.165) is 30.8 Å². The van der Waals surface area contributed by atoms with Crippen molar-refractivity contribution in [3.05, 3.63) is 24.3 Å². The summed E-state index contributed by atoms with van der Waals surface area (Å²) in [5.74, 6) is 0. The second kappa shape index (κ2) is 6.02. The second-order valence-corrected chi connectivity index (χ2v) is 3.84. The number of nitrogens with two attached hydrogens (primary N) is 1. The molecule has 2 N–H and O–H groups in total. The number of hydrogen-bond donors (Lipinski definition) is 1. The predicted molar refractivity (Wildman–Crippen MR) is 68.2 cm³/mol. The minimum Gasteiger partial charge on any atom is -0.399 e. The van der Waals surface area contributed by atoms with Crippen molar-refractivity contribution in [1.29, 1.82) is 5.26 Å². The monoisotopic (exact) mass is 217 g/mol. The molecule has 1 aromatic carbocycles. The lowest BCUT2D eigenvalue weighted by atomic mass is 10.1. The molecule has 0 heterocycles. The Bertz CT molecular complexity index is 350. The molecule has 1 atom stereocenters. The van der Waals surface area contributed by atoms with Gasteiger partial charge in [-0.15, -0.1) is 0 Å². The van der Waals surface area contributed by atoms with Gasteiger partial charge in [0.05, 0.1) is 6.07 Å². The van der Waals surface area contributed by atoms with E-state index in [2.05, 4.69) is 17.9 Å². The lowest BCUT2D eigenvalue weighted by Crippen LogP contribution is -2.34. The summed E-state index contributed by atoms with van der Waals surface area (Å²) in [5.41, 5.74) is 7.49. The smallest absolute Gasteiger partial charge is 0.116 e. The summed E-state index contributed by atoms with van der Waals surface area (Å²) < 4.78 is 0. The van der Waals surface area contributed by atoms with E-state index in [1.165, 1.54) is 0 Å². The fourth-order valence-corrected chi connectivity index (χ4v) is 1.75. The zero-order valence-electron chi connectivity index (χ0n) is 9.98. The minimum atomic E-state index is -0.0522. The maximum absolute atomic E-state index is 9.12. The summed E-state index contributed by atoms with van der Waals surface area (Å²) in [6, 6.07) is 10.0. The summed E-state index contributed by atoms with van der Waals surface area (Å²) in [7, 11) is 0. The van der Waals surface area contributed by atoms with Gasteiger partial charge in [-0.1, -0.05) is 13.8 Å². The van der Waals surface area contributed by atoms with Gasteiger partial charge in [-0.25, -0.2) is 0 Å². The van der Waals surface area contributed by atoms with Crippen LogP contribution in [0.2, 0.25) is 0 Å². The first-order valence-corrected chi connectivity index (χ1v) is 5.74. The number of rotatable bonds is 5. The minimum absolute atomic E-state index is 0.0522. The van der Waals surface area contributed by atoms with E-state index in [4.69, 9.17) is 11.0 Å². The highest BCUT2D eigenvalue weighted by Crippen LogP contribution is 2.20. The molecule has 0 aliphatic rings. The van der Waals surface area contributed by atoms with Gasteiger partial charge < -0.3 is 10.6 Å². The molecule has 0 saturated heterocycles. The third-order valence-electron chi connectivity index (χ3n) is 2.60. The Balaban J connectivity index is 2.93. The van der Waals surface area contributed by atoms with Crippen LogP contribution in [0.25, 0.3) is 0 Å². The van der Waals surface area contributed by atoms with Gasteiger partial charge in [-0.3, -0.25) is 0 Å². The Kier molecular flexibility index (Phi) is 4.65. The van der Waals surface area contributed by atoms with Crippen molar-refractivity contribution in [1.82, 2.24) is 0 Å². The van der Waals surface area contributed by atoms with E-state index in [1.54, 1.807) is 0 Å². The molecular formula is C13H19N3. The lowest BCUT2D eigenvalue weighted by molar-refractivity contribution is 0.663. The van der Waals surface area contributed by atoms with Crippen LogP contribution in [0.3, 0.4) is 0 Å². The molecule has 0 aliphatic carbocycles. The van der Waals surface area contributed by atoms with Gasteiger partial charge in [0.15, 0.2) is 0 Å². The van der Waals surface area contributed by atoms with Crippen molar-refractivity contribution in [3.63, 3.8) is 0 Å². The molecule has 3 heteroatoms. The highest BCUT2D eigenvalue weighted by Gasteiger charge is 2.15. The molecule has 1 rings (SSSR count). The molecular weight excluding hydrogens is 198 g/mol. The molecule has 0 bridgehead atoms. The molecule has 0 aromatic heterocycles. The van der Waals surface area contributed by atoms with E-state index < -0.39 is 0 Å². The Labute approximate surface area is 97.5 Å². The van der Waals surface area contributed by atoms with Gasteiger partial charge in [0.25, 0.3) is 0 Å². The van der Waals surface area contributed by atoms with Crippen LogP contribution in [-0.4, -0.2) is 12.6 Å². The van der Waals surface area contributed by atoms with Crippen LogP contribution in [0.15, 0.2) is 24.3 Å². The molecule has 0 amide bonds. The van der Waals surface area contributed by atoms with Crippen LogP contribution in [-0.2, 0) is 0 Å². The van der Waals surface area contributed by atoms with Crippen molar-refractivity contribution < 1.29 is 0 Å². The maximum atomic E-state index is 9.12. The first-order chi connectivity index (χ1) is 7.72. The molecule has 0 spiro atoms. The Morgan fingerprint density at radius 3 is 2.38 bits per heavy atom. The van der Waals surface area contributed by atoms with Gasteiger partial charge in [-0.2, -0.15) is 5.26 Å². The predicted octanol–water partition coefficient (Wildman–Crippen LogP) is 2.79. The number of anilines is 2. The Morgan fingerprint density at radius 1 is 1.31 bits per heavy atom. The van der Waals surface area contributed by atoms with Gasteiger partial charge in [0.1, 0.15) is 6.04 Å². The van der Waals surface area contributed by atoms with Crippen molar-refractivity contribution >= 4 is 11.4 Å². The molecule has 0 aliphatic heterocycles. The van der Waals surface area contributed by atoms with Crippen molar-refractivity contribution in [2.75, 3.05) is 17.2 Å². The third kappa shape index (κ3) is 2.90. The summed E-state index contributed by atoms with van der Waals surface area (Å²) >= 11 is 0. The molecule has 0 fully saturated rings. The molecule has 3 nitrogen and oxygen atoms in total. The molecule has 1 aromatic rings. The molecule has 16 heavy (non-hydrogen) atoms. The fourth-order valence-electron chi connectivity index (χ4n) is 1.75. The largest absolute Gasteiger partial charge is 0.399 e. The van der Waals surface area contributed by atoms with Crippen molar-refractivity contribution in [2.24, 2.45) is 0 Å².